The minimum absolute atomic E-state index is 0.189. The molecule has 4 heteroatoms. The van der Waals surface area contributed by atoms with E-state index in [2.05, 4.69) is 46.5 Å². The Morgan fingerprint density at radius 1 is 0.960 bits per heavy atom. The molecule has 2 aromatic heterocycles. The summed E-state index contributed by atoms with van der Waals surface area (Å²) in [6, 6.07) is 22.6. The van der Waals surface area contributed by atoms with Crippen LogP contribution in [0.15, 0.2) is 77.5 Å². The van der Waals surface area contributed by atoms with E-state index in [1.807, 2.05) is 42.5 Å². The molecule has 0 fully saturated rings. The molecule has 0 saturated heterocycles. The maximum absolute atomic E-state index is 5.92. The SMILES string of the molecule is CC[C@@H](Nc1ncnc2oc(-c3ccccc3)cc12)c1ccccc1. The van der Waals surface area contributed by atoms with Crippen LogP contribution in [0.3, 0.4) is 0 Å². The Balaban J connectivity index is 1.71. The smallest absolute Gasteiger partial charge is 0.231 e. The Hall–Kier alpha value is -3.14. The van der Waals surface area contributed by atoms with Crippen LogP contribution in [0.1, 0.15) is 24.9 Å². The lowest BCUT2D eigenvalue weighted by Gasteiger charge is -2.18. The maximum atomic E-state index is 5.92. The van der Waals surface area contributed by atoms with Gasteiger partial charge in [-0.2, -0.15) is 0 Å². The largest absolute Gasteiger partial charge is 0.438 e. The number of anilines is 1. The van der Waals surface area contributed by atoms with Gasteiger partial charge in [-0.25, -0.2) is 9.97 Å². The van der Waals surface area contributed by atoms with E-state index in [1.165, 1.54) is 5.56 Å². The first-order valence-corrected chi connectivity index (χ1v) is 8.46. The number of aromatic nitrogens is 2. The van der Waals surface area contributed by atoms with Crippen LogP contribution in [0.5, 0.6) is 0 Å². The first-order chi connectivity index (χ1) is 12.3. The highest BCUT2D eigenvalue weighted by molar-refractivity contribution is 5.89. The molecule has 2 heterocycles. The first kappa shape index (κ1) is 15.4. The van der Waals surface area contributed by atoms with Crippen LogP contribution in [0.2, 0.25) is 0 Å². The number of hydrogen-bond acceptors (Lipinski definition) is 4. The second-order valence-corrected chi connectivity index (χ2v) is 5.93. The lowest BCUT2D eigenvalue weighted by molar-refractivity contribution is 0.617. The molecule has 25 heavy (non-hydrogen) atoms. The summed E-state index contributed by atoms with van der Waals surface area (Å²) in [5.41, 5.74) is 2.87. The highest BCUT2D eigenvalue weighted by Gasteiger charge is 2.15. The molecule has 0 saturated carbocycles. The molecule has 0 spiro atoms. The van der Waals surface area contributed by atoms with Gasteiger partial charge in [0, 0.05) is 5.56 Å². The molecule has 0 radical (unpaired) electrons. The fourth-order valence-corrected chi connectivity index (χ4v) is 2.99. The van der Waals surface area contributed by atoms with E-state index in [4.69, 9.17) is 4.42 Å². The van der Waals surface area contributed by atoms with Gasteiger partial charge in [0.05, 0.1) is 11.4 Å². The topological polar surface area (TPSA) is 51.0 Å². The minimum atomic E-state index is 0.189. The summed E-state index contributed by atoms with van der Waals surface area (Å²) in [4.78, 5) is 8.72. The van der Waals surface area contributed by atoms with Crippen molar-refractivity contribution >= 4 is 16.9 Å². The van der Waals surface area contributed by atoms with Crippen molar-refractivity contribution in [3.8, 4) is 11.3 Å². The number of benzene rings is 2. The summed E-state index contributed by atoms with van der Waals surface area (Å²) in [6.07, 6.45) is 2.50. The average molecular weight is 329 g/mol. The predicted molar refractivity (Wildman–Crippen MR) is 100 cm³/mol. The van der Waals surface area contributed by atoms with E-state index in [9.17, 15) is 0 Å². The van der Waals surface area contributed by atoms with Crippen molar-refractivity contribution in [2.45, 2.75) is 19.4 Å². The van der Waals surface area contributed by atoms with Gasteiger partial charge in [-0.05, 0) is 18.1 Å². The molecule has 1 N–H and O–H groups in total. The van der Waals surface area contributed by atoms with Crippen molar-refractivity contribution in [3.05, 3.63) is 78.6 Å². The second kappa shape index (κ2) is 6.77. The molecule has 124 valence electrons. The van der Waals surface area contributed by atoms with E-state index in [1.54, 1.807) is 6.33 Å². The molecule has 4 nitrogen and oxygen atoms in total. The van der Waals surface area contributed by atoms with Crippen molar-refractivity contribution in [2.24, 2.45) is 0 Å². The lowest BCUT2D eigenvalue weighted by atomic mass is 10.0. The van der Waals surface area contributed by atoms with Crippen LogP contribution >= 0.6 is 0 Å². The Morgan fingerprint density at radius 2 is 1.68 bits per heavy atom. The number of fused-ring (bicyclic) bond motifs is 1. The van der Waals surface area contributed by atoms with Gasteiger partial charge in [0.1, 0.15) is 17.9 Å². The average Bonchev–Trinajstić information content (AvgIpc) is 3.12. The summed E-state index contributed by atoms with van der Waals surface area (Å²) in [5.74, 6) is 1.60. The third-order valence-corrected chi connectivity index (χ3v) is 4.31. The molecule has 0 aliphatic heterocycles. The first-order valence-electron chi connectivity index (χ1n) is 8.46. The monoisotopic (exact) mass is 329 g/mol. The van der Waals surface area contributed by atoms with Gasteiger partial charge < -0.3 is 9.73 Å². The van der Waals surface area contributed by atoms with E-state index in [-0.39, 0.29) is 6.04 Å². The lowest BCUT2D eigenvalue weighted by Crippen LogP contribution is -2.10. The fourth-order valence-electron chi connectivity index (χ4n) is 2.99. The molecule has 0 aliphatic carbocycles. The molecule has 1 atom stereocenters. The fraction of sp³-hybridized carbons (Fsp3) is 0.143. The Labute approximate surface area is 146 Å². The van der Waals surface area contributed by atoms with Crippen molar-refractivity contribution in [1.82, 2.24) is 9.97 Å². The van der Waals surface area contributed by atoms with Crippen LogP contribution in [0.25, 0.3) is 22.4 Å². The summed E-state index contributed by atoms with van der Waals surface area (Å²) in [6.45, 7) is 2.16. The van der Waals surface area contributed by atoms with E-state index < -0.39 is 0 Å². The normalized spacial score (nSPS) is 12.2. The number of nitrogens with zero attached hydrogens (tertiary/aromatic N) is 2. The molecule has 2 aromatic carbocycles. The van der Waals surface area contributed by atoms with Crippen LogP contribution < -0.4 is 5.32 Å². The molecular weight excluding hydrogens is 310 g/mol. The van der Waals surface area contributed by atoms with Crippen LogP contribution in [-0.2, 0) is 0 Å². The van der Waals surface area contributed by atoms with Crippen molar-refractivity contribution in [1.29, 1.82) is 0 Å². The minimum Gasteiger partial charge on any atom is -0.438 e. The van der Waals surface area contributed by atoms with Gasteiger partial charge >= 0.3 is 0 Å². The summed E-state index contributed by atoms with van der Waals surface area (Å²) in [5, 5.41) is 4.44. The molecule has 0 amide bonds. The summed E-state index contributed by atoms with van der Waals surface area (Å²) in [7, 11) is 0. The highest BCUT2D eigenvalue weighted by atomic mass is 16.3. The molecular formula is C21H19N3O. The van der Waals surface area contributed by atoms with E-state index in [0.717, 1.165) is 28.9 Å². The van der Waals surface area contributed by atoms with Crippen molar-refractivity contribution in [3.63, 3.8) is 0 Å². The highest BCUT2D eigenvalue weighted by Crippen LogP contribution is 2.31. The Morgan fingerprint density at radius 3 is 2.40 bits per heavy atom. The zero-order valence-electron chi connectivity index (χ0n) is 14.0. The second-order valence-electron chi connectivity index (χ2n) is 5.93. The Kier molecular flexibility index (Phi) is 4.17. The molecule has 0 aliphatic rings. The maximum Gasteiger partial charge on any atom is 0.231 e. The quantitative estimate of drug-likeness (QED) is 0.529. The van der Waals surface area contributed by atoms with Crippen LogP contribution in [0, 0.1) is 0 Å². The van der Waals surface area contributed by atoms with E-state index >= 15 is 0 Å². The van der Waals surface area contributed by atoms with Crippen LogP contribution in [0.4, 0.5) is 5.82 Å². The van der Waals surface area contributed by atoms with Gasteiger partial charge in [-0.3, -0.25) is 0 Å². The summed E-state index contributed by atoms with van der Waals surface area (Å²) >= 11 is 0. The number of nitrogens with one attached hydrogen (secondary N) is 1. The molecule has 0 unspecified atom stereocenters. The van der Waals surface area contributed by atoms with Gasteiger partial charge in [-0.1, -0.05) is 67.6 Å². The van der Waals surface area contributed by atoms with Gasteiger partial charge in [0.25, 0.3) is 0 Å². The summed E-state index contributed by atoms with van der Waals surface area (Å²) < 4.78 is 5.92. The number of furan rings is 1. The van der Waals surface area contributed by atoms with Gasteiger partial charge in [-0.15, -0.1) is 0 Å². The molecule has 4 aromatic rings. The van der Waals surface area contributed by atoms with Gasteiger partial charge in [0.2, 0.25) is 5.71 Å². The van der Waals surface area contributed by atoms with Gasteiger partial charge in [0.15, 0.2) is 0 Å². The number of hydrogen-bond donors (Lipinski definition) is 1. The standard InChI is InChI=1S/C21H19N3O/c1-2-18(15-9-5-3-6-10-15)24-20-17-13-19(16-11-7-4-8-12-16)25-21(17)23-14-22-20/h3-14,18H,2H2,1H3,(H,22,23,24)/t18-/m1/s1. The van der Waals surface area contributed by atoms with E-state index in [0.29, 0.717) is 5.71 Å². The van der Waals surface area contributed by atoms with Crippen LogP contribution in [-0.4, -0.2) is 9.97 Å². The zero-order chi connectivity index (χ0) is 17.1. The van der Waals surface area contributed by atoms with Crippen molar-refractivity contribution in [2.75, 3.05) is 5.32 Å². The molecule has 4 rings (SSSR count). The third kappa shape index (κ3) is 3.11. The molecule has 0 bridgehead atoms. The zero-order valence-corrected chi connectivity index (χ0v) is 14.0. The van der Waals surface area contributed by atoms with Crippen molar-refractivity contribution < 1.29 is 4.42 Å². The number of rotatable bonds is 5. The predicted octanol–water partition coefficient (Wildman–Crippen LogP) is 5.45. The Bertz CT molecular complexity index is 964. The third-order valence-electron chi connectivity index (χ3n) is 4.31.